The number of hydrogen-bond acceptors (Lipinski definition) is 3. The van der Waals surface area contributed by atoms with Crippen molar-refractivity contribution >= 4 is 28.7 Å². The zero-order valence-electron chi connectivity index (χ0n) is 9.60. The fourth-order valence-electron chi connectivity index (χ4n) is 2.26. The smallest absolute Gasteiger partial charge is 0.169 e. The number of nitrogen functional groups attached to an aromatic ring is 2. The lowest BCUT2D eigenvalue weighted by Crippen LogP contribution is -2.23. The summed E-state index contributed by atoms with van der Waals surface area (Å²) in [5, 5.41) is 3.09. The molecule has 0 aliphatic heterocycles. The number of halogens is 2. The SMILES string of the molecule is Nc1cc(N)c(NC2CCCCC2)c(F)c1Cl. The summed E-state index contributed by atoms with van der Waals surface area (Å²) < 4.78 is 13.9. The molecule has 1 aromatic rings. The molecule has 17 heavy (non-hydrogen) atoms. The minimum absolute atomic E-state index is 0.0579. The second-order valence-electron chi connectivity index (χ2n) is 4.54. The van der Waals surface area contributed by atoms with Crippen LogP contribution in [0.25, 0.3) is 0 Å². The van der Waals surface area contributed by atoms with Gasteiger partial charge in [-0.25, -0.2) is 4.39 Å². The number of nitrogens with two attached hydrogens (primary N) is 2. The van der Waals surface area contributed by atoms with Gasteiger partial charge in [0.15, 0.2) is 5.82 Å². The third-order valence-electron chi connectivity index (χ3n) is 3.22. The third-order valence-corrected chi connectivity index (χ3v) is 3.60. The van der Waals surface area contributed by atoms with Crippen LogP contribution in [0.1, 0.15) is 32.1 Å². The van der Waals surface area contributed by atoms with E-state index >= 15 is 0 Å². The average Bonchev–Trinajstić information content (AvgIpc) is 2.33. The van der Waals surface area contributed by atoms with Crippen LogP contribution in [0, 0.1) is 5.82 Å². The van der Waals surface area contributed by atoms with Crippen molar-refractivity contribution in [3.05, 3.63) is 16.9 Å². The highest BCUT2D eigenvalue weighted by Gasteiger charge is 2.19. The van der Waals surface area contributed by atoms with Gasteiger partial charge in [0, 0.05) is 6.04 Å². The van der Waals surface area contributed by atoms with Crippen molar-refractivity contribution in [2.45, 2.75) is 38.1 Å². The summed E-state index contributed by atoms with van der Waals surface area (Å²) in [5.74, 6) is -0.547. The van der Waals surface area contributed by atoms with Gasteiger partial charge in [-0.05, 0) is 18.9 Å². The van der Waals surface area contributed by atoms with Crippen molar-refractivity contribution in [2.75, 3.05) is 16.8 Å². The fourth-order valence-corrected chi connectivity index (χ4v) is 2.41. The first-order valence-corrected chi connectivity index (χ1v) is 6.27. The first kappa shape index (κ1) is 12.3. The molecule has 2 rings (SSSR count). The molecule has 1 aliphatic carbocycles. The van der Waals surface area contributed by atoms with Crippen molar-refractivity contribution in [1.82, 2.24) is 0 Å². The van der Waals surface area contributed by atoms with E-state index < -0.39 is 5.82 Å². The number of rotatable bonds is 2. The topological polar surface area (TPSA) is 64.1 Å². The van der Waals surface area contributed by atoms with Gasteiger partial charge in [-0.2, -0.15) is 0 Å². The molecule has 0 aromatic heterocycles. The Morgan fingerprint density at radius 3 is 2.47 bits per heavy atom. The molecule has 0 heterocycles. The summed E-state index contributed by atoms with van der Waals surface area (Å²) in [6.07, 6.45) is 5.67. The Balaban J connectivity index is 2.22. The van der Waals surface area contributed by atoms with Gasteiger partial charge in [0.1, 0.15) is 5.02 Å². The normalized spacial score (nSPS) is 17.1. The summed E-state index contributed by atoms with van der Waals surface area (Å²) in [5.41, 5.74) is 12.1. The maximum atomic E-state index is 13.9. The van der Waals surface area contributed by atoms with Crippen LogP contribution in [0.4, 0.5) is 21.5 Å². The summed E-state index contributed by atoms with van der Waals surface area (Å²) in [6.45, 7) is 0. The summed E-state index contributed by atoms with van der Waals surface area (Å²) in [7, 11) is 0. The summed E-state index contributed by atoms with van der Waals surface area (Å²) >= 11 is 5.78. The molecule has 0 bridgehead atoms. The Hall–Kier alpha value is -1.16. The maximum Gasteiger partial charge on any atom is 0.169 e. The zero-order chi connectivity index (χ0) is 12.4. The minimum Gasteiger partial charge on any atom is -0.397 e. The molecule has 1 saturated carbocycles. The Labute approximate surface area is 105 Å². The highest BCUT2D eigenvalue weighted by molar-refractivity contribution is 6.33. The molecule has 1 aromatic carbocycles. The van der Waals surface area contributed by atoms with E-state index in [1.165, 1.54) is 25.3 Å². The molecule has 0 spiro atoms. The molecule has 94 valence electrons. The van der Waals surface area contributed by atoms with Crippen molar-refractivity contribution in [1.29, 1.82) is 0 Å². The quantitative estimate of drug-likeness (QED) is 0.712. The van der Waals surface area contributed by atoms with Crippen LogP contribution in [0.15, 0.2) is 6.07 Å². The molecule has 5 N–H and O–H groups in total. The van der Waals surface area contributed by atoms with E-state index in [0.29, 0.717) is 5.69 Å². The Morgan fingerprint density at radius 2 is 1.82 bits per heavy atom. The Morgan fingerprint density at radius 1 is 1.18 bits per heavy atom. The largest absolute Gasteiger partial charge is 0.397 e. The van der Waals surface area contributed by atoms with Crippen LogP contribution in [-0.4, -0.2) is 6.04 Å². The van der Waals surface area contributed by atoms with Gasteiger partial charge in [-0.1, -0.05) is 30.9 Å². The van der Waals surface area contributed by atoms with Crippen LogP contribution in [0.5, 0.6) is 0 Å². The molecule has 1 fully saturated rings. The molecule has 0 unspecified atom stereocenters. The molecule has 0 radical (unpaired) electrons. The lowest BCUT2D eigenvalue weighted by molar-refractivity contribution is 0.461. The lowest BCUT2D eigenvalue weighted by atomic mass is 9.95. The van der Waals surface area contributed by atoms with Crippen molar-refractivity contribution in [2.24, 2.45) is 0 Å². The second-order valence-corrected chi connectivity index (χ2v) is 4.92. The summed E-state index contributed by atoms with van der Waals surface area (Å²) in [6, 6.07) is 1.77. The van der Waals surface area contributed by atoms with Crippen molar-refractivity contribution < 1.29 is 4.39 Å². The first-order chi connectivity index (χ1) is 8.09. The third kappa shape index (κ3) is 2.57. The predicted octanol–water partition coefficient (Wildman–Crippen LogP) is 3.39. The van der Waals surface area contributed by atoms with E-state index in [9.17, 15) is 4.39 Å². The van der Waals surface area contributed by atoms with Crippen LogP contribution in [-0.2, 0) is 0 Å². The van der Waals surface area contributed by atoms with Gasteiger partial charge in [0.25, 0.3) is 0 Å². The Kier molecular flexibility index (Phi) is 3.62. The van der Waals surface area contributed by atoms with E-state index in [-0.39, 0.29) is 22.4 Å². The number of hydrogen-bond donors (Lipinski definition) is 3. The van der Waals surface area contributed by atoms with Crippen molar-refractivity contribution in [3.63, 3.8) is 0 Å². The average molecular weight is 258 g/mol. The number of benzene rings is 1. The van der Waals surface area contributed by atoms with E-state index in [0.717, 1.165) is 12.8 Å². The van der Waals surface area contributed by atoms with E-state index in [4.69, 9.17) is 23.1 Å². The first-order valence-electron chi connectivity index (χ1n) is 5.89. The van der Waals surface area contributed by atoms with E-state index in [2.05, 4.69) is 5.32 Å². The molecular formula is C12H17ClFN3. The lowest BCUT2D eigenvalue weighted by Gasteiger charge is -2.25. The van der Waals surface area contributed by atoms with Gasteiger partial charge < -0.3 is 16.8 Å². The summed E-state index contributed by atoms with van der Waals surface area (Å²) in [4.78, 5) is 0. The molecule has 1 aliphatic rings. The molecular weight excluding hydrogens is 241 g/mol. The van der Waals surface area contributed by atoms with Crippen LogP contribution in [0.3, 0.4) is 0 Å². The monoisotopic (exact) mass is 257 g/mol. The van der Waals surface area contributed by atoms with E-state index in [1.54, 1.807) is 0 Å². The van der Waals surface area contributed by atoms with Gasteiger partial charge in [0.2, 0.25) is 0 Å². The van der Waals surface area contributed by atoms with Gasteiger partial charge >= 0.3 is 0 Å². The zero-order valence-corrected chi connectivity index (χ0v) is 10.4. The van der Waals surface area contributed by atoms with E-state index in [1.807, 2.05) is 0 Å². The number of nitrogens with one attached hydrogen (secondary N) is 1. The molecule has 3 nitrogen and oxygen atoms in total. The van der Waals surface area contributed by atoms with Gasteiger partial charge in [-0.15, -0.1) is 0 Å². The van der Waals surface area contributed by atoms with Crippen LogP contribution >= 0.6 is 11.6 Å². The Bertz CT molecular complexity index is 417. The maximum absolute atomic E-state index is 13.9. The predicted molar refractivity (Wildman–Crippen MR) is 70.7 cm³/mol. The van der Waals surface area contributed by atoms with Gasteiger partial charge in [0.05, 0.1) is 17.1 Å². The second kappa shape index (κ2) is 5.00. The van der Waals surface area contributed by atoms with Crippen LogP contribution in [0.2, 0.25) is 5.02 Å². The number of anilines is 3. The standard InChI is InChI=1S/C12H17ClFN3/c13-10-8(15)6-9(16)12(11(10)14)17-7-4-2-1-3-5-7/h6-7,17H,1-5,15-16H2. The molecule has 0 atom stereocenters. The van der Waals surface area contributed by atoms with Gasteiger partial charge in [-0.3, -0.25) is 0 Å². The molecule has 0 amide bonds. The highest BCUT2D eigenvalue weighted by atomic mass is 35.5. The molecule has 5 heteroatoms. The highest BCUT2D eigenvalue weighted by Crippen LogP contribution is 2.35. The van der Waals surface area contributed by atoms with Crippen molar-refractivity contribution in [3.8, 4) is 0 Å². The fraction of sp³-hybridized carbons (Fsp3) is 0.500. The molecule has 0 saturated heterocycles. The van der Waals surface area contributed by atoms with Crippen LogP contribution < -0.4 is 16.8 Å². The minimum atomic E-state index is -0.547.